The number of rotatable bonds is 16. The summed E-state index contributed by atoms with van der Waals surface area (Å²) in [6, 6.07) is 75.9. The molecule has 0 spiro atoms. The Morgan fingerprint density at radius 1 is 0.488 bits per heavy atom. The van der Waals surface area contributed by atoms with E-state index in [1.807, 2.05) is 165 Å². The molecule has 82 heavy (non-hydrogen) atoms. The molecule has 1 N–H and O–H groups in total. The standard InChI is InChI=1S/C22H17NO2S.C15H12ClNO.C13H9NO.C9H11ClO3S.C7H6OS/c23-16-17-6-8-18(9-7-17)19-10-12-21(13-11-19)25-14-15-26-22(24)20-4-2-1-3-5-20;16-9-10-18-15-7-5-14(6-8-15)13-3-1-12(11-17)2-4-13;14-9-10-1-3-11(4-2-10)12-5-7-13(15)8-6-12;1-8-2-4-9(5-3-8)14(11,12)13-7-6-10;8-7(9)6-4-2-1-3-5-6/h1-13H,14-15H2;1-8H,9-10H2;1-8,15H;2-5H,6-7H2,1H3;1-5H,(H,8,9). The van der Waals surface area contributed by atoms with Gasteiger partial charge in [-0.1, -0.05) is 163 Å². The highest BCUT2D eigenvalue weighted by atomic mass is 35.5. The van der Waals surface area contributed by atoms with Crippen LogP contribution in [-0.4, -0.2) is 61.1 Å². The summed E-state index contributed by atoms with van der Waals surface area (Å²) < 4.78 is 38.6. The van der Waals surface area contributed by atoms with Crippen LogP contribution < -0.4 is 9.47 Å². The van der Waals surface area contributed by atoms with Crippen LogP contribution in [0.3, 0.4) is 0 Å². The molecule has 0 saturated heterocycles. The monoisotopic (exact) mass is 1180 g/mol. The zero-order chi connectivity index (χ0) is 59.0. The second-order valence-corrected chi connectivity index (χ2v) is 20.8. The van der Waals surface area contributed by atoms with Crippen molar-refractivity contribution >= 4 is 67.9 Å². The van der Waals surface area contributed by atoms with Crippen molar-refractivity contribution < 1.29 is 36.8 Å². The largest absolute Gasteiger partial charge is 0.508 e. The maximum absolute atomic E-state index is 12.0. The van der Waals surface area contributed by atoms with Crippen molar-refractivity contribution in [3.8, 4) is 68.8 Å². The first kappa shape index (κ1) is 64.2. The highest BCUT2D eigenvalue weighted by Crippen LogP contribution is 2.26. The molecule has 9 aromatic carbocycles. The molecule has 0 aliphatic carbocycles. The van der Waals surface area contributed by atoms with Crippen molar-refractivity contribution in [3.63, 3.8) is 0 Å². The maximum Gasteiger partial charge on any atom is 0.297 e. The topological polar surface area (TPSA) is 188 Å². The number of benzene rings is 9. The average molecular weight is 1190 g/mol. The number of aromatic hydroxyl groups is 1. The molecule has 11 nitrogen and oxygen atoms in total. The second kappa shape index (κ2) is 35.2. The Balaban J connectivity index is 0.000000196. The van der Waals surface area contributed by atoms with Gasteiger partial charge in [0, 0.05) is 22.8 Å². The van der Waals surface area contributed by atoms with Gasteiger partial charge in [-0.15, -0.1) is 35.8 Å². The molecule has 0 bridgehead atoms. The lowest BCUT2D eigenvalue weighted by Crippen LogP contribution is -2.08. The Kier molecular flexibility index (Phi) is 27.5. The third kappa shape index (κ3) is 22.5. The number of carbonyl (C=O) groups excluding carboxylic acids is 2. The van der Waals surface area contributed by atoms with E-state index in [9.17, 15) is 18.0 Å². The molecule has 0 aliphatic heterocycles. The molecule has 0 unspecified atom stereocenters. The van der Waals surface area contributed by atoms with Crippen LogP contribution in [0, 0.1) is 40.9 Å². The summed E-state index contributed by atoms with van der Waals surface area (Å²) in [5.41, 5.74) is 10.7. The molecule has 0 fully saturated rings. The number of ether oxygens (including phenoxy) is 2. The summed E-state index contributed by atoms with van der Waals surface area (Å²) in [5, 5.41) is 35.3. The predicted molar refractivity (Wildman–Crippen MR) is 331 cm³/mol. The van der Waals surface area contributed by atoms with Crippen LogP contribution in [0.5, 0.6) is 17.2 Å². The summed E-state index contributed by atoms with van der Waals surface area (Å²) in [5.74, 6) is 3.09. The van der Waals surface area contributed by atoms with E-state index in [1.165, 1.54) is 23.9 Å². The summed E-state index contributed by atoms with van der Waals surface area (Å²) in [6.07, 6.45) is 0. The molecule has 0 heterocycles. The fourth-order valence-electron chi connectivity index (χ4n) is 6.96. The fraction of sp³-hybridized carbons (Fsp3) is 0.106. The zero-order valence-electron chi connectivity index (χ0n) is 44.3. The third-order valence-corrected chi connectivity index (χ3v) is 14.0. The molecular formula is C66H55Cl2N3O8S3. The summed E-state index contributed by atoms with van der Waals surface area (Å²) in [7, 11) is -3.62. The number of alkyl halides is 2. The molecule has 0 aliphatic rings. The van der Waals surface area contributed by atoms with E-state index in [0.717, 1.165) is 50.4 Å². The third-order valence-electron chi connectivity index (χ3n) is 11.2. The second-order valence-electron chi connectivity index (χ2n) is 17.0. The van der Waals surface area contributed by atoms with Gasteiger partial charge in [0.25, 0.3) is 10.1 Å². The Morgan fingerprint density at radius 2 is 0.841 bits per heavy atom. The van der Waals surface area contributed by atoms with Crippen LogP contribution in [-0.2, 0) is 14.3 Å². The minimum Gasteiger partial charge on any atom is -0.508 e. The molecule has 0 saturated carbocycles. The summed E-state index contributed by atoms with van der Waals surface area (Å²) in [4.78, 5) is 22.7. The number of halogens is 2. The van der Waals surface area contributed by atoms with Crippen molar-refractivity contribution in [2.24, 2.45) is 0 Å². The number of thioether (sulfide) groups is 1. The van der Waals surface area contributed by atoms with Gasteiger partial charge in [-0.25, -0.2) is 0 Å². The molecular weight excluding hydrogens is 1130 g/mol. The molecule has 0 amide bonds. The smallest absolute Gasteiger partial charge is 0.297 e. The van der Waals surface area contributed by atoms with Gasteiger partial charge in [-0.3, -0.25) is 13.8 Å². The lowest BCUT2D eigenvalue weighted by atomic mass is 10.0. The first-order valence-electron chi connectivity index (χ1n) is 25.1. The molecule has 414 valence electrons. The highest BCUT2D eigenvalue weighted by Gasteiger charge is 2.14. The SMILES string of the molecule is Cc1ccc(S(=O)(=O)OCCCl)cc1.N#Cc1ccc(-c2ccc(O)cc2)cc1.N#Cc1ccc(-c2ccc(OCCCl)cc2)cc1.N#Cc1ccc(-c2ccc(OCCSC(=O)c3ccccc3)cc2)cc1.O=C(S)c1ccccc1. The average Bonchev–Trinajstić information content (AvgIpc) is 3.53. The Morgan fingerprint density at radius 3 is 1.20 bits per heavy atom. The molecule has 0 radical (unpaired) electrons. The van der Waals surface area contributed by atoms with Crippen LogP contribution >= 0.6 is 47.6 Å². The number of phenols is 1. The minimum absolute atomic E-state index is 0.00222. The van der Waals surface area contributed by atoms with Gasteiger partial charge in [0.15, 0.2) is 0 Å². The van der Waals surface area contributed by atoms with Crippen molar-refractivity contribution in [1.29, 1.82) is 15.8 Å². The van der Waals surface area contributed by atoms with E-state index in [1.54, 1.807) is 60.7 Å². The number of aryl methyl sites for hydroxylation is 1. The van der Waals surface area contributed by atoms with Gasteiger partial charge in [-0.05, 0) is 125 Å². The summed E-state index contributed by atoms with van der Waals surface area (Å²) >= 11 is 15.8. The van der Waals surface area contributed by atoms with Crippen LogP contribution in [0.25, 0.3) is 33.4 Å². The van der Waals surface area contributed by atoms with Crippen LogP contribution in [0.4, 0.5) is 0 Å². The van der Waals surface area contributed by atoms with Crippen molar-refractivity contribution in [2.45, 2.75) is 11.8 Å². The molecule has 9 aromatic rings. The van der Waals surface area contributed by atoms with Gasteiger partial charge in [-0.2, -0.15) is 24.2 Å². The van der Waals surface area contributed by atoms with Gasteiger partial charge in [0.05, 0.1) is 58.9 Å². The summed E-state index contributed by atoms with van der Waals surface area (Å²) in [6.45, 7) is 2.87. The van der Waals surface area contributed by atoms with E-state index in [-0.39, 0.29) is 33.4 Å². The van der Waals surface area contributed by atoms with Gasteiger partial charge < -0.3 is 14.6 Å². The number of nitriles is 3. The first-order chi connectivity index (χ1) is 39.7. The van der Waals surface area contributed by atoms with E-state index >= 15 is 0 Å². The molecule has 0 aromatic heterocycles. The normalized spacial score (nSPS) is 10.1. The lowest BCUT2D eigenvalue weighted by molar-refractivity contribution is 0.108. The molecule has 9 rings (SSSR count). The Labute approximate surface area is 499 Å². The van der Waals surface area contributed by atoms with E-state index in [0.29, 0.717) is 52.7 Å². The van der Waals surface area contributed by atoms with Gasteiger partial charge >= 0.3 is 0 Å². The van der Waals surface area contributed by atoms with Crippen molar-refractivity contribution in [3.05, 3.63) is 264 Å². The maximum atomic E-state index is 12.0. The molecule has 0 atom stereocenters. The van der Waals surface area contributed by atoms with Gasteiger partial charge in [0.1, 0.15) is 23.9 Å². The van der Waals surface area contributed by atoms with E-state index in [4.69, 9.17) is 53.6 Å². The van der Waals surface area contributed by atoms with Crippen molar-refractivity contribution in [2.75, 3.05) is 37.3 Å². The van der Waals surface area contributed by atoms with Crippen molar-refractivity contribution in [1.82, 2.24) is 0 Å². The number of hydrogen-bond donors (Lipinski definition) is 2. The Bertz CT molecular complexity index is 3620. The zero-order valence-corrected chi connectivity index (χ0v) is 48.4. The minimum atomic E-state index is -3.62. The molecule has 16 heteroatoms. The van der Waals surface area contributed by atoms with E-state index in [2.05, 4.69) is 35.0 Å². The predicted octanol–water partition coefficient (Wildman–Crippen LogP) is 15.6. The van der Waals surface area contributed by atoms with Crippen LogP contribution in [0.2, 0.25) is 0 Å². The first-order valence-corrected chi connectivity index (χ1v) is 29.0. The highest BCUT2D eigenvalue weighted by molar-refractivity contribution is 8.14. The number of carbonyl (C=O) groups is 2. The Hall–Kier alpha value is -8.62. The fourth-order valence-corrected chi connectivity index (χ4v) is 8.91. The van der Waals surface area contributed by atoms with Crippen LogP contribution in [0.1, 0.15) is 43.0 Å². The van der Waals surface area contributed by atoms with E-state index < -0.39 is 10.1 Å². The van der Waals surface area contributed by atoms with Gasteiger partial charge in [0.2, 0.25) is 10.2 Å². The number of thiol groups is 1. The number of nitrogens with zero attached hydrogens (tertiary/aromatic N) is 3. The van der Waals surface area contributed by atoms with Crippen LogP contribution in [0.15, 0.2) is 235 Å². The number of hydrogen-bond acceptors (Lipinski definition) is 12. The quantitative estimate of drug-likeness (QED) is 0.0404. The number of phenolic OH excluding ortho intramolecular Hbond substituents is 1. The lowest BCUT2D eigenvalue weighted by Gasteiger charge is -2.07.